The molecule has 4 heteroatoms. The van der Waals surface area contributed by atoms with Gasteiger partial charge in [-0.25, -0.2) is 0 Å². The van der Waals surface area contributed by atoms with Gasteiger partial charge < -0.3 is 9.69 Å². The molecule has 1 heterocycles. The molecule has 0 aliphatic heterocycles. The summed E-state index contributed by atoms with van der Waals surface area (Å²) in [7, 11) is 1.65. The van der Waals surface area contributed by atoms with Gasteiger partial charge in [-0.1, -0.05) is 6.07 Å². The van der Waals surface area contributed by atoms with Crippen molar-refractivity contribution in [2.75, 3.05) is 7.05 Å². The lowest BCUT2D eigenvalue weighted by Crippen LogP contribution is -2.26. The Labute approximate surface area is 82.6 Å². The minimum absolute atomic E-state index is 0.0661. The van der Waals surface area contributed by atoms with E-state index >= 15 is 0 Å². The first-order chi connectivity index (χ1) is 6.74. The number of aldehydes is 1. The Morgan fingerprint density at radius 3 is 2.93 bits per heavy atom. The van der Waals surface area contributed by atoms with Gasteiger partial charge in [-0.3, -0.25) is 9.78 Å². The van der Waals surface area contributed by atoms with Crippen molar-refractivity contribution < 1.29 is 9.59 Å². The summed E-state index contributed by atoms with van der Waals surface area (Å²) in [5, 5.41) is 0. The largest absolute Gasteiger partial charge is 0.339 e. The third kappa shape index (κ3) is 2.97. The number of nitrogens with zero attached hydrogens (tertiary/aromatic N) is 2. The highest BCUT2D eigenvalue weighted by Gasteiger charge is 2.08. The molecule has 0 atom stereocenters. The van der Waals surface area contributed by atoms with E-state index < -0.39 is 0 Å². The fourth-order valence-corrected chi connectivity index (χ4v) is 1.05. The molecule has 0 aliphatic rings. The van der Waals surface area contributed by atoms with Crippen LogP contribution in [0.25, 0.3) is 0 Å². The average Bonchev–Trinajstić information content (AvgIpc) is 2.19. The number of rotatable bonds is 4. The maximum absolute atomic E-state index is 11.2. The van der Waals surface area contributed by atoms with Gasteiger partial charge in [0.15, 0.2) is 0 Å². The summed E-state index contributed by atoms with van der Waals surface area (Å²) in [5.74, 6) is -0.189. The molecule has 1 aromatic rings. The minimum atomic E-state index is -0.189. The molecular weight excluding hydrogens is 180 g/mol. The Morgan fingerprint density at radius 1 is 1.57 bits per heavy atom. The molecule has 74 valence electrons. The Bertz CT molecular complexity index is 311. The summed E-state index contributed by atoms with van der Waals surface area (Å²) >= 11 is 0. The maximum Gasteiger partial charge on any atom is 0.229 e. The zero-order chi connectivity index (χ0) is 10.4. The van der Waals surface area contributed by atoms with Gasteiger partial charge >= 0.3 is 0 Å². The van der Waals surface area contributed by atoms with Crippen molar-refractivity contribution in [1.82, 2.24) is 9.88 Å². The second-order valence-corrected chi connectivity index (χ2v) is 2.94. The quantitative estimate of drug-likeness (QED) is 0.519. The van der Waals surface area contributed by atoms with E-state index in [1.165, 1.54) is 4.90 Å². The third-order valence-corrected chi connectivity index (χ3v) is 1.81. The zero-order valence-corrected chi connectivity index (χ0v) is 8.01. The average molecular weight is 192 g/mol. The SMILES string of the molecule is CN(Cc1ccccn1)C(=O)CC=O. The minimum Gasteiger partial charge on any atom is -0.339 e. The van der Waals surface area contributed by atoms with Gasteiger partial charge in [-0.15, -0.1) is 0 Å². The smallest absolute Gasteiger partial charge is 0.229 e. The first-order valence-corrected chi connectivity index (χ1v) is 4.31. The number of carbonyl (C=O) groups excluding carboxylic acids is 2. The van der Waals surface area contributed by atoms with Crippen molar-refractivity contribution in [1.29, 1.82) is 0 Å². The van der Waals surface area contributed by atoms with E-state index in [9.17, 15) is 9.59 Å². The molecule has 1 rings (SSSR count). The van der Waals surface area contributed by atoms with Gasteiger partial charge in [0.1, 0.15) is 6.29 Å². The Balaban J connectivity index is 2.52. The van der Waals surface area contributed by atoms with E-state index in [0.717, 1.165) is 5.69 Å². The number of carbonyl (C=O) groups is 2. The second kappa shape index (κ2) is 5.11. The molecule has 0 unspecified atom stereocenters. The van der Waals surface area contributed by atoms with Crippen LogP contribution in [0.2, 0.25) is 0 Å². The summed E-state index contributed by atoms with van der Waals surface area (Å²) in [6.07, 6.45) is 2.22. The molecule has 0 radical (unpaired) electrons. The first kappa shape index (κ1) is 10.4. The predicted octanol–water partition coefficient (Wildman–Crippen LogP) is 0.629. The van der Waals surface area contributed by atoms with Gasteiger partial charge in [-0.2, -0.15) is 0 Å². The van der Waals surface area contributed by atoms with Gasteiger partial charge in [-0.05, 0) is 12.1 Å². The molecule has 0 aromatic carbocycles. The monoisotopic (exact) mass is 192 g/mol. The van der Waals surface area contributed by atoms with Gasteiger partial charge in [0.05, 0.1) is 18.7 Å². The third-order valence-electron chi connectivity index (χ3n) is 1.81. The standard InChI is InChI=1S/C10H12N2O2/c1-12(10(14)5-7-13)8-9-4-2-3-6-11-9/h2-4,6-7H,5,8H2,1H3. The molecule has 1 amide bonds. The molecular formula is C10H12N2O2. The highest BCUT2D eigenvalue weighted by Crippen LogP contribution is 1.99. The highest BCUT2D eigenvalue weighted by molar-refractivity contribution is 5.87. The summed E-state index contributed by atoms with van der Waals surface area (Å²) < 4.78 is 0. The van der Waals surface area contributed by atoms with Crippen LogP contribution in [0.3, 0.4) is 0 Å². The summed E-state index contributed by atoms with van der Waals surface area (Å²) in [5.41, 5.74) is 0.814. The van der Waals surface area contributed by atoms with Crippen LogP contribution in [-0.2, 0) is 16.1 Å². The molecule has 1 aromatic heterocycles. The van der Waals surface area contributed by atoms with E-state index in [2.05, 4.69) is 4.98 Å². The first-order valence-electron chi connectivity index (χ1n) is 4.31. The highest BCUT2D eigenvalue weighted by atomic mass is 16.2. The Hall–Kier alpha value is -1.71. The molecule has 0 saturated carbocycles. The van der Waals surface area contributed by atoms with E-state index in [1.54, 1.807) is 13.2 Å². The van der Waals surface area contributed by atoms with E-state index in [4.69, 9.17) is 0 Å². The van der Waals surface area contributed by atoms with Crippen molar-refractivity contribution in [3.05, 3.63) is 30.1 Å². The molecule has 4 nitrogen and oxygen atoms in total. The van der Waals surface area contributed by atoms with Crippen molar-refractivity contribution in [2.24, 2.45) is 0 Å². The number of hydrogen-bond acceptors (Lipinski definition) is 3. The summed E-state index contributed by atoms with van der Waals surface area (Å²) in [6, 6.07) is 5.52. The van der Waals surface area contributed by atoms with E-state index in [1.807, 2.05) is 18.2 Å². The molecule has 0 N–H and O–H groups in total. The van der Waals surface area contributed by atoms with Crippen molar-refractivity contribution in [3.8, 4) is 0 Å². The fourth-order valence-electron chi connectivity index (χ4n) is 1.05. The topological polar surface area (TPSA) is 50.3 Å². The van der Waals surface area contributed by atoms with Gasteiger partial charge in [0.25, 0.3) is 0 Å². The van der Waals surface area contributed by atoms with Crippen molar-refractivity contribution in [2.45, 2.75) is 13.0 Å². The molecule has 0 saturated heterocycles. The van der Waals surface area contributed by atoms with Crippen LogP contribution in [0, 0.1) is 0 Å². The van der Waals surface area contributed by atoms with Crippen LogP contribution < -0.4 is 0 Å². The van der Waals surface area contributed by atoms with Crippen LogP contribution in [0.4, 0.5) is 0 Å². The van der Waals surface area contributed by atoms with E-state index in [0.29, 0.717) is 12.8 Å². The number of aromatic nitrogens is 1. The molecule has 0 aliphatic carbocycles. The van der Waals surface area contributed by atoms with Crippen LogP contribution >= 0.6 is 0 Å². The lowest BCUT2D eigenvalue weighted by Gasteiger charge is -2.14. The lowest BCUT2D eigenvalue weighted by molar-refractivity contribution is -0.132. The van der Waals surface area contributed by atoms with Crippen LogP contribution in [0.15, 0.2) is 24.4 Å². The lowest BCUT2D eigenvalue weighted by atomic mass is 10.3. The number of pyridine rings is 1. The maximum atomic E-state index is 11.2. The van der Waals surface area contributed by atoms with Crippen LogP contribution in [-0.4, -0.2) is 29.1 Å². The molecule has 14 heavy (non-hydrogen) atoms. The number of amides is 1. The van der Waals surface area contributed by atoms with Crippen LogP contribution in [0.5, 0.6) is 0 Å². The van der Waals surface area contributed by atoms with Crippen molar-refractivity contribution in [3.63, 3.8) is 0 Å². The van der Waals surface area contributed by atoms with Gasteiger partial charge in [0, 0.05) is 13.2 Å². The van der Waals surface area contributed by atoms with Gasteiger partial charge in [0.2, 0.25) is 5.91 Å². The molecule has 0 fully saturated rings. The Morgan fingerprint density at radius 2 is 2.36 bits per heavy atom. The summed E-state index contributed by atoms with van der Waals surface area (Å²) in [4.78, 5) is 26.9. The zero-order valence-electron chi connectivity index (χ0n) is 8.01. The fraction of sp³-hybridized carbons (Fsp3) is 0.300. The number of hydrogen-bond donors (Lipinski definition) is 0. The second-order valence-electron chi connectivity index (χ2n) is 2.94. The van der Waals surface area contributed by atoms with Crippen LogP contribution in [0.1, 0.15) is 12.1 Å². The molecule has 0 spiro atoms. The normalized spacial score (nSPS) is 9.50. The summed E-state index contributed by atoms with van der Waals surface area (Å²) in [6.45, 7) is 0.438. The predicted molar refractivity (Wildman–Crippen MR) is 51.4 cm³/mol. The Kier molecular flexibility index (Phi) is 3.79. The molecule has 0 bridgehead atoms. The van der Waals surface area contributed by atoms with E-state index in [-0.39, 0.29) is 12.3 Å². The van der Waals surface area contributed by atoms with Crippen molar-refractivity contribution >= 4 is 12.2 Å².